The summed E-state index contributed by atoms with van der Waals surface area (Å²) in [6, 6.07) is 17.7. The molecule has 2 N–H and O–H groups in total. The molecule has 0 unspecified atom stereocenters. The van der Waals surface area contributed by atoms with Crippen LogP contribution in [0.3, 0.4) is 0 Å². The average Bonchev–Trinajstić information content (AvgIpc) is 2.68. The van der Waals surface area contributed by atoms with Gasteiger partial charge in [0.05, 0.1) is 0 Å². The van der Waals surface area contributed by atoms with E-state index in [-0.39, 0.29) is 0 Å². The Kier molecular flexibility index (Phi) is 5.96. The van der Waals surface area contributed by atoms with E-state index in [0.717, 1.165) is 38.4 Å². The smallest absolute Gasteiger partial charge is 0.0423 e. The lowest BCUT2D eigenvalue weighted by Crippen LogP contribution is -2.44. The fourth-order valence-corrected chi connectivity index (χ4v) is 3.32. The molecule has 0 radical (unpaired) electrons. The van der Waals surface area contributed by atoms with Crippen molar-refractivity contribution in [2.45, 2.75) is 6.54 Å². The predicted octanol–water partition coefficient (Wildman–Crippen LogP) is 3.01. The lowest BCUT2D eigenvalue weighted by molar-refractivity contribution is 0.313. The van der Waals surface area contributed by atoms with Gasteiger partial charge in [0.25, 0.3) is 0 Å². The minimum absolute atomic E-state index is 0.490. The van der Waals surface area contributed by atoms with Crippen LogP contribution in [0.1, 0.15) is 5.56 Å². The highest BCUT2D eigenvalue weighted by atomic mass is 15.2. The molecule has 1 heterocycles. The van der Waals surface area contributed by atoms with Gasteiger partial charge in [-0.3, -0.25) is 0 Å². The van der Waals surface area contributed by atoms with Gasteiger partial charge in [-0.2, -0.15) is 0 Å². The summed E-state index contributed by atoms with van der Waals surface area (Å²) in [5.41, 5.74) is 11.7. The molecule has 0 spiro atoms. The molecule has 0 aliphatic carbocycles. The van der Waals surface area contributed by atoms with Crippen molar-refractivity contribution in [3.8, 4) is 11.1 Å². The first-order valence-corrected chi connectivity index (χ1v) is 9.28. The van der Waals surface area contributed by atoms with Crippen molar-refractivity contribution in [3.05, 3.63) is 66.4 Å². The molecule has 0 aromatic heterocycles. The summed E-state index contributed by atoms with van der Waals surface area (Å²) in [5.74, 6) is 0. The largest absolute Gasteiger partial charge is 0.373 e. The SMILES string of the molecule is C=C(CN)N(C)Cc1cccc(-c2ccc(N3CCN(C)CC3)cc2)c1. The maximum atomic E-state index is 5.68. The van der Waals surface area contributed by atoms with Gasteiger partial charge in [0.2, 0.25) is 0 Å². The summed E-state index contributed by atoms with van der Waals surface area (Å²) in [6.07, 6.45) is 0. The van der Waals surface area contributed by atoms with Gasteiger partial charge in [-0.25, -0.2) is 0 Å². The van der Waals surface area contributed by atoms with Gasteiger partial charge in [-0.05, 0) is 41.9 Å². The van der Waals surface area contributed by atoms with Gasteiger partial charge in [-0.15, -0.1) is 0 Å². The molecule has 138 valence electrons. The fraction of sp³-hybridized carbons (Fsp3) is 0.364. The number of hydrogen-bond donors (Lipinski definition) is 1. The van der Waals surface area contributed by atoms with Crippen LogP contribution >= 0.6 is 0 Å². The Hall–Kier alpha value is -2.30. The molecule has 4 nitrogen and oxygen atoms in total. The second-order valence-corrected chi connectivity index (χ2v) is 7.16. The summed E-state index contributed by atoms with van der Waals surface area (Å²) in [6.45, 7) is 9.78. The lowest BCUT2D eigenvalue weighted by atomic mass is 10.0. The minimum Gasteiger partial charge on any atom is -0.373 e. The average molecular weight is 351 g/mol. The topological polar surface area (TPSA) is 35.7 Å². The van der Waals surface area contributed by atoms with Crippen LogP contribution in [-0.2, 0) is 6.54 Å². The monoisotopic (exact) mass is 350 g/mol. The normalized spacial score (nSPS) is 15.1. The Labute approximate surface area is 157 Å². The van der Waals surface area contributed by atoms with E-state index in [2.05, 4.69) is 76.9 Å². The van der Waals surface area contributed by atoms with Crippen LogP contribution in [0.5, 0.6) is 0 Å². The third-order valence-electron chi connectivity index (χ3n) is 5.19. The van der Waals surface area contributed by atoms with Gasteiger partial charge in [0, 0.05) is 57.7 Å². The Morgan fingerprint density at radius 1 is 1.04 bits per heavy atom. The number of likely N-dealkylation sites (N-methyl/N-ethyl adjacent to an activating group) is 2. The van der Waals surface area contributed by atoms with E-state index in [4.69, 9.17) is 5.73 Å². The Morgan fingerprint density at radius 3 is 2.38 bits per heavy atom. The summed E-state index contributed by atoms with van der Waals surface area (Å²) in [4.78, 5) is 6.95. The Morgan fingerprint density at radius 2 is 1.73 bits per heavy atom. The van der Waals surface area contributed by atoms with Gasteiger partial charge in [0.15, 0.2) is 0 Å². The molecule has 1 saturated heterocycles. The summed E-state index contributed by atoms with van der Waals surface area (Å²) < 4.78 is 0. The zero-order valence-electron chi connectivity index (χ0n) is 16.0. The second-order valence-electron chi connectivity index (χ2n) is 7.16. The van der Waals surface area contributed by atoms with Crippen LogP contribution in [0.2, 0.25) is 0 Å². The molecule has 1 aliphatic rings. The van der Waals surface area contributed by atoms with Crippen molar-refractivity contribution in [1.82, 2.24) is 9.80 Å². The maximum Gasteiger partial charge on any atom is 0.0423 e. The quantitative estimate of drug-likeness (QED) is 0.869. The van der Waals surface area contributed by atoms with E-state index in [1.54, 1.807) is 0 Å². The van der Waals surface area contributed by atoms with E-state index < -0.39 is 0 Å². The van der Waals surface area contributed by atoms with Crippen molar-refractivity contribution in [2.75, 3.05) is 51.7 Å². The molecule has 2 aromatic carbocycles. The Balaban J connectivity index is 1.71. The summed E-state index contributed by atoms with van der Waals surface area (Å²) in [5, 5.41) is 0. The van der Waals surface area contributed by atoms with Crippen LogP contribution in [0.15, 0.2) is 60.8 Å². The minimum atomic E-state index is 0.490. The standard InChI is InChI=1S/C22H30N4/c1-18(16-23)25(3)17-19-5-4-6-21(15-19)20-7-9-22(10-8-20)26-13-11-24(2)12-14-26/h4-10,15H,1,11-14,16-17,23H2,2-3H3. The molecular formula is C22H30N4. The van der Waals surface area contributed by atoms with Gasteiger partial charge in [-0.1, -0.05) is 36.9 Å². The van der Waals surface area contributed by atoms with Crippen molar-refractivity contribution in [3.63, 3.8) is 0 Å². The van der Waals surface area contributed by atoms with Crippen molar-refractivity contribution < 1.29 is 0 Å². The first-order valence-electron chi connectivity index (χ1n) is 9.28. The molecular weight excluding hydrogens is 320 g/mol. The number of anilines is 1. The van der Waals surface area contributed by atoms with E-state index in [1.165, 1.54) is 22.4 Å². The number of benzene rings is 2. The number of nitrogens with zero attached hydrogens (tertiary/aromatic N) is 3. The van der Waals surface area contributed by atoms with Crippen LogP contribution in [0.25, 0.3) is 11.1 Å². The third kappa shape index (κ3) is 4.45. The molecule has 0 bridgehead atoms. The molecule has 0 atom stereocenters. The van der Waals surface area contributed by atoms with Crippen molar-refractivity contribution >= 4 is 5.69 Å². The molecule has 1 fully saturated rings. The van der Waals surface area contributed by atoms with Crippen LogP contribution in [-0.4, -0.2) is 56.6 Å². The first kappa shape index (κ1) is 18.5. The highest BCUT2D eigenvalue weighted by Gasteiger charge is 2.14. The molecule has 3 rings (SSSR count). The molecule has 26 heavy (non-hydrogen) atoms. The zero-order chi connectivity index (χ0) is 18.5. The Bertz CT molecular complexity index is 730. The molecule has 0 saturated carbocycles. The zero-order valence-corrected chi connectivity index (χ0v) is 16.0. The molecule has 2 aromatic rings. The second kappa shape index (κ2) is 8.39. The highest BCUT2D eigenvalue weighted by molar-refractivity contribution is 5.67. The summed E-state index contributed by atoms with van der Waals surface area (Å²) in [7, 11) is 4.22. The molecule has 1 aliphatic heterocycles. The van der Waals surface area contributed by atoms with Gasteiger partial charge >= 0.3 is 0 Å². The third-order valence-corrected chi connectivity index (χ3v) is 5.19. The van der Waals surface area contributed by atoms with Gasteiger partial charge in [0.1, 0.15) is 0 Å². The molecule has 4 heteroatoms. The number of nitrogens with two attached hydrogens (primary N) is 1. The van der Waals surface area contributed by atoms with Crippen molar-refractivity contribution in [1.29, 1.82) is 0 Å². The number of rotatable bonds is 6. The fourth-order valence-electron chi connectivity index (χ4n) is 3.32. The summed E-state index contributed by atoms with van der Waals surface area (Å²) >= 11 is 0. The predicted molar refractivity (Wildman–Crippen MR) is 111 cm³/mol. The van der Waals surface area contributed by atoms with Crippen LogP contribution in [0, 0.1) is 0 Å². The first-order chi connectivity index (χ1) is 12.6. The van der Waals surface area contributed by atoms with E-state index >= 15 is 0 Å². The maximum absolute atomic E-state index is 5.68. The van der Waals surface area contributed by atoms with Gasteiger partial charge < -0.3 is 20.4 Å². The van der Waals surface area contributed by atoms with Crippen molar-refractivity contribution in [2.24, 2.45) is 5.73 Å². The molecule has 0 amide bonds. The van der Waals surface area contributed by atoms with E-state index in [1.807, 2.05) is 7.05 Å². The lowest BCUT2D eigenvalue weighted by Gasteiger charge is -2.34. The van der Waals surface area contributed by atoms with E-state index in [9.17, 15) is 0 Å². The highest BCUT2D eigenvalue weighted by Crippen LogP contribution is 2.25. The number of hydrogen-bond acceptors (Lipinski definition) is 4. The number of piperazine rings is 1. The van der Waals surface area contributed by atoms with Crippen LogP contribution < -0.4 is 10.6 Å². The van der Waals surface area contributed by atoms with E-state index in [0.29, 0.717) is 6.54 Å². The van der Waals surface area contributed by atoms with Crippen LogP contribution in [0.4, 0.5) is 5.69 Å².